The average molecular weight is 208 g/mol. The Hall–Kier alpha value is -0.870. The molecule has 1 unspecified atom stereocenters. The molecule has 2 N–H and O–H groups in total. The minimum absolute atomic E-state index is 0.550. The third kappa shape index (κ3) is 1.92. The monoisotopic (exact) mass is 208 g/mol. The highest BCUT2D eigenvalue weighted by molar-refractivity contribution is 5.24. The van der Waals surface area contributed by atoms with Gasteiger partial charge >= 0.3 is 0 Å². The molecular formula is C11H20N4. The van der Waals surface area contributed by atoms with Crippen LogP contribution in [-0.4, -0.2) is 29.9 Å². The van der Waals surface area contributed by atoms with Crippen molar-refractivity contribution in [1.82, 2.24) is 20.4 Å². The van der Waals surface area contributed by atoms with E-state index in [2.05, 4.69) is 34.3 Å². The van der Waals surface area contributed by atoms with Gasteiger partial charge in [-0.3, -0.25) is 4.68 Å². The molecule has 1 aromatic rings. The van der Waals surface area contributed by atoms with Gasteiger partial charge in [0.1, 0.15) is 0 Å². The quantitative estimate of drug-likeness (QED) is 0.770. The van der Waals surface area contributed by atoms with Gasteiger partial charge in [0.15, 0.2) is 0 Å². The Bertz CT molecular complexity index is 337. The minimum Gasteiger partial charge on any atom is -0.316 e. The van der Waals surface area contributed by atoms with E-state index in [1.807, 2.05) is 7.05 Å². The predicted octanol–water partition coefficient (Wildman–Crippen LogP) is 0.754. The summed E-state index contributed by atoms with van der Waals surface area (Å²) in [5, 5.41) is 11.2. The summed E-state index contributed by atoms with van der Waals surface area (Å²) < 4.78 is 2.20. The van der Waals surface area contributed by atoms with Crippen molar-refractivity contribution in [2.75, 3.05) is 20.1 Å². The van der Waals surface area contributed by atoms with Crippen LogP contribution in [0.4, 0.5) is 0 Å². The molecule has 0 radical (unpaired) electrons. The van der Waals surface area contributed by atoms with E-state index in [-0.39, 0.29) is 0 Å². The Morgan fingerprint density at radius 3 is 2.93 bits per heavy atom. The van der Waals surface area contributed by atoms with Crippen molar-refractivity contribution in [2.24, 2.45) is 0 Å². The van der Waals surface area contributed by atoms with Crippen molar-refractivity contribution in [2.45, 2.75) is 32.9 Å². The highest BCUT2D eigenvalue weighted by Crippen LogP contribution is 2.21. The van der Waals surface area contributed by atoms with Gasteiger partial charge in [0.25, 0.3) is 0 Å². The fourth-order valence-corrected chi connectivity index (χ4v) is 2.33. The highest BCUT2D eigenvalue weighted by atomic mass is 15.3. The van der Waals surface area contributed by atoms with Crippen LogP contribution in [-0.2, 0) is 6.54 Å². The van der Waals surface area contributed by atoms with E-state index >= 15 is 0 Å². The molecule has 2 rings (SSSR count). The summed E-state index contributed by atoms with van der Waals surface area (Å²) in [5.74, 6) is 0. The molecule has 1 atom stereocenters. The van der Waals surface area contributed by atoms with Gasteiger partial charge in [-0.05, 0) is 33.9 Å². The van der Waals surface area contributed by atoms with Crippen LogP contribution in [0.15, 0.2) is 0 Å². The Morgan fingerprint density at radius 1 is 1.53 bits per heavy atom. The van der Waals surface area contributed by atoms with Crippen LogP contribution in [0, 0.1) is 13.8 Å². The second-order valence-corrected chi connectivity index (χ2v) is 4.27. The molecule has 1 aromatic heterocycles. The first-order valence-corrected chi connectivity index (χ1v) is 5.64. The molecule has 0 aromatic carbocycles. The Labute approximate surface area is 91.1 Å². The molecule has 0 aliphatic carbocycles. The van der Waals surface area contributed by atoms with Gasteiger partial charge in [0, 0.05) is 24.3 Å². The zero-order chi connectivity index (χ0) is 10.8. The van der Waals surface area contributed by atoms with E-state index in [1.165, 1.54) is 17.7 Å². The van der Waals surface area contributed by atoms with Crippen molar-refractivity contribution in [1.29, 1.82) is 0 Å². The van der Waals surface area contributed by atoms with E-state index in [0.717, 1.165) is 25.3 Å². The predicted molar refractivity (Wildman–Crippen MR) is 61.0 cm³/mol. The molecule has 1 aliphatic rings. The number of aryl methyl sites for hydroxylation is 1. The number of hydrogen-bond acceptors (Lipinski definition) is 3. The molecule has 1 aliphatic heterocycles. The number of rotatable bonds is 3. The Kier molecular flexibility index (Phi) is 3.07. The van der Waals surface area contributed by atoms with E-state index in [0.29, 0.717) is 6.04 Å². The van der Waals surface area contributed by atoms with Gasteiger partial charge < -0.3 is 10.6 Å². The molecule has 84 valence electrons. The molecule has 1 fully saturated rings. The lowest BCUT2D eigenvalue weighted by Gasteiger charge is -2.11. The Morgan fingerprint density at radius 2 is 2.33 bits per heavy atom. The van der Waals surface area contributed by atoms with Crippen LogP contribution in [0.1, 0.15) is 29.4 Å². The summed E-state index contributed by atoms with van der Waals surface area (Å²) in [4.78, 5) is 0. The summed E-state index contributed by atoms with van der Waals surface area (Å²) in [6.07, 6.45) is 1.20. The molecule has 0 bridgehead atoms. The van der Waals surface area contributed by atoms with Crippen LogP contribution in [0.5, 0.6) is 0 Å². The summed E-state index contributed by atoms with van der Waals surface area (Å²) in [7, 11) is 1.98. The largest absolute Gasteiger partial charge is 0.316 e. The summed E-state index contributed by atoms with van der Waals surface area (Å²) in [6.45, 7) is 7.35. The van der Waals surface area contributed by atoms with Crippen molar-refractivity contribution >= 4 is 0 Å². The number of hydrogen-bond donors (Lipinski definition) is 2. The number of aromatic nitrogens is 2. The highest BCUT2D eigenvalue weighted by Gasteiger charge is 2.21. The zero-order valence-electron chi connectivity index (χ0n) is 9.80. The van der Waals surface area contributed by atoms with Gasteiger partial charge in [0.05, 0.1) is 11.7 Å². The third-order valence-electron chi connectivity index (χ3n) is 3.21. The average Bonchev–Trinajstić information content (AvgIpc) is 2.81. The first-order chi connectivity index (χ1) is 7.24. The van der Waals surface area contributed by atoms with Crippen molar-refractivity contribution in [3.05, 3.63) is 17.0 Å². The third-order valence-corrected chi connectivity index (χ3v) is 3.21. The van der Waals surface area contributed by atoms with Gasteiger partial charge in [0.2, 0.25) is 0 Å². The molecule has 2 heterocycles. The van der Waals surface area contributed by atoms with Crippen LogP contribution < -0.4 is 10.6 Å². The van der Waals surface area contributed by atoms with Gasteiger partial charge in [-0.15, -0.1) is 0 Å². The summed E-state index contributed by atoms with van der Waals surface area (Å²) in [6, 6.07) is 0.550. The van der Waals surface area contributed by atoms with E-state index in [9.17, 15) is 0 Å². The molecule has 15 heavy (non-hydrogen) atoms. The first-order valence-electron chi connectivity index (χ1n) is 5.64. The molecule has 0 amide bonds. The van der Waals surface area contributed by atoms with Crippen LogP contribution in [0.25, 0.3) is 0 Å². The Balaban J connectivity index is 2.27. The maximum Gasteiger partial charge on any atom is 0.0658 e. The maximum absolute atomic E-state index is 4.65. The zero-order valence-corrected chi connectivity index (χ0v) is 9.80. The van der Waals surface area contributed by atoms with Crippen LogP contribution in [0.3, 0.4) is 0 Å². The van der Waals surface area contributed by atoms with E-state index < -0.39 is 0 Å². The van der Waals surface area contributed by atoms with Gasteiger partial charge in [-0.1, -0.05) is 0 Å². The van der Waals surface area contributed by atoms with E-state index in [1.54, 1.807) is 0 Å². The standard InChI is InChI=1S/C11H20N4/c1-8-11(7-12-3)9(2)15(14-8)10-4-5-13-6-10/h10,12-13H,4-7H2,1-3H3. The van der Waals surface area contributed by atoms with Crippen LogP contribution in [0.2, 0.25) is 0 Å². The molecule has 0 spiro atoms. The fourth-order valence-electron chi connectivity index (χ4n) is 2.33. The SMILES string of the molecule is CNCc1c(C)nn(C2CCNC2)c1C. The van der Waals surface area contributed by atoms with Crippen molar-refractivity contribution < 1.29 is 0 Å². The summed E-state index contributed by atoms with van der Waals surface area (Å²) in [5.41, 5.74) is 3.83. The van der Waals surface area contributed by atoms with Gasteiger partial charge in [-0.2, -0.15) is 5.10 Å². The molecule has 0 saturated carbocycles. The molecule has 4 heteroatoms. The lowest BCUT2D eigenvalue weighted by Crippen LogP contribution is -2.16. The molecule has 4 nitrogen and oxygen atoms in total. The lowest BCUT2D eigenvalue weighted by atomic mass is 10.2. The number of nitrogens with one attached hydrogen (secondary N) is 2. The second-order valence-electron chi connectivity index (χ2n) is 4.27. The first kappa shape index (κ1) is 10.6. The molecule has 1 saturated heterocycles. The second kappa shape index (κ2) is 4.33. The minimum atomic E-state index is 0.550. The van der Waals surface area contributed by atoms with Crippen molar-refractivity contribution in [3.63, 3.8) is 0 Å². The van der Waals surface area contributed by atoms with Gasteiger partial charge in [-0.25, -0.2) is 0 Å². The number of nitrogens with zero attached hydrogens (tertiary/aromatic N) is 2. The topological polar surface area (TPSA) is 41.9 Å². The van der Waals surface area contributed by atoms with Crippen LogP contribution >= 0.6 is 0 Å². The molecular weight excluding hydrogens is 188 g/mol. The van der Waals surface area contributed by atoms with E-state index in [4.69, 9.17) is 0 Å². The smallest absolute Gasteiger partial charge is 0.0658 e. The fraction of sp³-hybridized carbons (Fsp3) is 0.727. The summed E-state index contributed by atoms with van der Waals surface area (Å²) >= 11 is 0. The maximum atomic E-state index is 4.65. The van der Waals surface area contributed by atoms with Crippen molar-refractivity contribution in [3.8, 4) is 0 Å². The normalized spacial score (nSPS) is 21.1. The lowest BCUT2D eigenvalue weighted by molar-refractivity contribution is 0.476.